The Morgan fingerprint density at radius 1 is 1.43 bits per heavy atom. The molecule has 5 nitrogen and oxygen atoms in total. The molecule has 2 heterocycles. The highest BCUT2D eigenvalue weighted by Gasteiger charge is 2.19. The number of aromatic carboxylic acids is 1. The average Bonchev–Trinajstić information content (AvgIpc) is 2.94. The van der Waals surface area contributed by atoms with Crippen LogP contribution < -0.4 is 5.32 Å². The van der Waals surface area contributed by atoms with E-state index < -0.39 is 5.97 Å². The number of hydrogen-bond acceptors (Lipinski definition) is 5. The Hall–Kier alpha value is -1.05. The molecule has 0 saturated carbocycles. The van der Waals surface area contributed by atoms with Gasteiger partial charge in [0, 0.05) is 19.0 Å². The van der Waals surface area contributed by atoms with Crippen molar-refractivity contribution in [3.63, 3.8) is 0 Å². The van der Waals surface area contributed by atoms with Crippen molar-refractivity contribution in [3.05, 3.63) is 16.3 Å². The van der Waals surface area contributed by atoms with E-state index in [0.717, 1.165) is 11.3 Å². The number of anilines is 1. The van der Waals surface area contributed by atoms with E-state index in [1.807, 2.05) is 11.8 Å². The molecule has 1 aliphatic rings. The number of hydrogen-bond donors (Lipinski definition) is 2. The lowest BCUT2D eigenvalue weighted by Crippen LogP contribution is -2.36. The van der Waals surface area contributed by atoms with E-state index in [4.69, 9.17) is 5.11 Å². The Morgan fingerprint density at radius 3 is 2.81 bits per heavy atom. The fraction of sp³-hybridized carbons (Fsp3) is 0.571. The van der Waals surface area contributed by atoms with Crippen LogP contribution >= 0.6 is 23.1 Å². The number of thiophene rings is 1. The minimum atomic E-state index is -1.00. The van der Waals surface area contributed by atoms with Gasteiger partial charge in [-0.1, -0.05) is 0 Å². The summed E-state index contributed by atoms with van der Waals surface area (Å²) in [6, 6.07) is 2.20. The van der Waals surface area contributed by atoms with Crippen molar-refractivity contribution in [1.82, 2.24) is 4.90 Å². The molecule has 0 bridgehead atoms. The first-order valence-electron chi connectivity index (χ1n) is 6.96. The summed E-state index contributed by atoms with van der Waals surface area (Å²) in [6.07, 6.45) is 2.74. The topological polar surface area (TPSA) is 69.6 Å². The van der Waals surface area contributed by atoms with Gasteiger partial charge in [0.25, 0.3) is 0 Å². The molecule has 0 aromatic carbocycles. The second-order valence-electron chi connectivity index (χ2n) is 5.09. The lowest BCUT2D eigenvalue weighted by Gasteiger charge is -2.30. The van der Waals surface area contributed by atoms with Crippen molar-refractivity contribution in [3.8, 4) is 0 Å². The Balaban J connectivity index is 1.79. The van der Waals surface area contributed by atoms with Crippen molar-refractivity contribution >= 4 is 40.7 Å². The number of amides is 1. The third-order valence-corrected chi connectivity index (χ3v) is 5.59. The zero-order valence-electron chi connectivity index (χ0n) is 12.0. The number of nitrogens with one attached hydrogen (secondary N) is 1. The molecule has 0 atom stereocenters. The number of carbonyl (C=O) groups is 2. The molecule has 1 amide bonds. The van der Waals surface area contributed by atoms with Crippen LogP contribution in [0.4, 0.5) is 5.69 Å². The van der Waals surface area contributed by atoms with Crippen LogP contribution in [0.15, 0.2) is 11.4 Å². The van der Waals surface area contributed by atoms with E-state index in [2.05, 4.69) is 17.3 Å². The second kappa shape index (κ2) is 7.82. The van der Waals surface area contributed by atoms with E-state index in [9.17, 15) is 9.59 Å². The van der Waals surface area contributed by atoms with Crippen molar-refractivity contribution in [2.45, 2.75) is 25.3 Å². The van der Waals surface area contributed by atoms with Crippen LogP contribution in [0.3, 0.4) is 0 Å². The Labute approximate surface area is 132 Å². The molecule has 1 saturated heterocycles. The molecule has 2 rings (SSSR count). The first kappa shape index (κ1) is 16.3. The predicted molar refractivity (Wildman–Crippen MR) is 87.5 cm³/mol. The predicted octanol–water partition coefficient (Wildman–Crippen LogP) is 2.60. The van der Waals surface area contributed by atoms with E-state index in [1.54, 1.807) is 11.4 Å². The molecular weight excluding hydrogens is 308 g/mol. The largest absolute Gasteiger partial charge is 0.477 e. The summed E-state index contributed by atoms with van der Waals surface area (Å²) < 4.78 is 0. The third-order valence-electron chi connectivity index (χ3n) is 3.64. The minimum absolute atomic E-state index is 0.132. The van der Waals surface area contributed by atoms with Crippen LogP contribution in [0.1, 0.15) is 28.9 Å². The molecule has 0 spiro atoms. The van der Waals surface area contributed by atoms with Gasteiger partial charge in [-0.15, -0.1) is 11.3 Å². The van der Waals surface area contributed by atoms with Crippen molar-refractivity contribution in [2.24, 2.45) is 0 Å². The Kier molecular flexibility index (Phi) is 6.08. The van der Waals surface area contributed by atoms with Crippen LogP contribution in [-0.4, -0.2) is 53.0 Å². The molecule has 0 aliphatic carbocycles. The molecule has 1 aromatic heterocycles. The van der Waals surface area contributed by atoms with Gasteiger partial charge in [-0.25, -0.2) is 4.79 Å². The van der Waals surface area contributed by atoms with Gasteiger partial charge in [-0.05, 0) is 42.8 Å². The highest BCUT2D eigenvalue weighted by molar-refractivity contribution is 7.99. The van der Waals surface area contributed by atoms with E-state index in [0.29, 0.717) is 24.7 Å². The molecule has 0 unspecified atom stereocenters. The fourth-order valence-electron chi connectivity index (χ4n) is 2.37. The number of carboxylic acid groups (broad SMARTS) is 1. The third kappa shape index (κ3) is 4.72. The first-order chi connectivity index (χ1) is 10.1. The average molecular weight is 328 g/mol. The number of carboxylic acids is 1. The SMILES string of the molecule is CN(CCC(=O)Nc1ccsc1C(=O)O)C1CCSCC1. The van der Waals surface area contributed by atoms with E-state index in [1.165, 1.54) is 24.3 Å². The van der Waals surface area contributed by atoms with Crippen LogP contribution in [0.2, 0.25) is 0 Å². The second-order valence-corrected chi connectivity index (χ2v) is 7.23. The Bertz CT molecular complexity index is 498. The first-order valence-corrected chi connectivity index (χ1v) is 9.00. The summed E-state index contributed by atoms with van der Waals surface area (Å²) >= 11 is 3.11. The highest BCUT2D eigenvalue weighted by Crippen LogP contribution is 2.23. The van der Waals surface area contributed by atoms with Gasteiger partial charge >= 0.3 is 5.97 Å². The van der Waals surface area contributed by atoms with Crippen LogP contribution in [0.25, 0.3) is 0 Å². The monoisotopic (exact) mass is 328 g/mol. The molecule has 116 valence electrons. The number of carbonyl (C=O) groups excluding carboxylic acids is 1. The summed E-state index contributed by atoms with van der Waals surface area (Å²) in [5, 5.41) is 13.4. The normalized spacial score (nSPS) is 16.1. The van der Waals surface area contributed by atoms with Crippen LogP contribution in [0, 0.1) is 0 Å². The van der Waals surface area contributed by atoms with Gasteiger partial charge in [0.2, 0.25) is 5.91 Å². The highest BCUT2D eigenvalue weighted by atomic mass is 32.2. The van der Waals surface area contributed by atoms with Crippen molar-refractivity contribution in [1.29, 1.82) is 0 Å². The van der Waals surface area contributed by atoms with Gasteiger partial charge in [0.05, 0.1) is 5.69 Å². The van der Waals surface area contributed by atoms with Gasteiger partial charge in [-0.3, -0.25) is 4.79 Å². The maximum absolute atomic E-state index is 11.9. The summed E-state index contributed by atoms with van der Waals surface area (Å²) in [5.41, 5.74) is 0.397. The molecule has 1 aromatic rings. The van der Waals surface area contributed by atoms with Gasteiger partial charge in [-0.2, -0.15) is 11.8 Å². The van der Waals surface area contributed by atoms with Crippen LogP contribution in [0.5, 0.6) is 0 Å². The van der Waals surface area contributed by atoms with Crippen molar-refractivity contribution < 1.29 is 14.7 Å². The van der Waals surface area contributed by atoms with Crippen LogP contribution in [-0.2, 0) is 4.79 Å². The number of thioether (sulfide) groups is 1. The molecule has 7 heteroatoms. The maximum atomic E-state index is 11.9. The summed E-state index contributed by atoms with van der Waals surface area (Å²) in [5.74, 6) is 1.25. The molecule has 2 N–H and O–H groups in total. The molecule has 1 aliphatic heterocycles. The molecule has 21 heavy (non-hydrogen) atoms. The van der Waals surface area contributed by atoms with E-state index >= 15 is 0 Å². The molecule has 1 fully saturated rings. The summed E-state index contributed by atoms with van der Waals surface area (Å²) in [4.78, 5) is 25.4. The number of rotatable bonds is 6. The maximum Gasteiger partial charge on any atom is 0.348 e. The summed E-state index contributed by atoms with van der Waals surface area (Å²) in [7, 11) is 2.06. The van der Waals surface area contributed by atoms with Gasteiger partial charge < -0.3 is 15.3 Å². The van der Waals surface area contributed by atoms with Gasteiger partial charge in [0.15, 0.2) is 0 Å². The van der Waals surface area contributed by atoms with E-state index in [-0.39, 0.29) is 10.8 Å². The Morgan fingerprint density at radius 2 is 2.14 bits per heavy atom. The quantitative estimate of drug-likeness (QED) is 0.840. The lowest BCUT2D eigenvalue weighted by atomic mass is 10.1. The zero-order chi connectivity index (χ0) is 15.2. The standard InChI is InChI=1S/C14H20N2O3S2/c1-16(10-3-7-20-8-4-10)6-2-12(17)15-11-5-9-21-13(11)14(18)19/h5,9-10H,2-4,6-8H2,1H3,(H,15,17)(H,18,19). The number of nitrogens with zero attached hydrogens (tertiary/aromatic N) is 1. The summed E-state index contributed by atoms with van der Waals surface area (Å²) in [6.45, 7) is 0.702. The smallest absolute Gasteiger partial charge is 0.348 e. The minimum Gasteiger partial charge on any atom is -0.477 e. The fourth-order valence-corrected chi connectivity index (χ4v) is 4.14. The van der Waals surface area contributed by atoms with Gasteiger partial charge in [0.1, 0.15) is 4.88 Å². The molecule has 0 radical (unpaired) electrons. The zero-order valence-corrected chi connectivity index (χ0v) is 13.6. The lowest BCUT2D eigenvalue weighted by molar-refractivity contribution is -0.116. The molecular formula is C14H20N2O3S2. The van der Waals surface area contributed by atoms with Crippen molar-refractivity contribution in [2.75, 3.05) is 30.4 Å².